The highest BCUT2D eigenvalue weighted by Crippen LogP contribution is 2.30. The number of H-pyrrole nitrogens is 1. The number of primary amides is 1. The van der Waals surface area contributed by atoms with Crippen LogP contribution in [0.5, 0.6) is 5.75 Å². The van der Waals surface area contributed by atoms with E-state index in [9.17, 15) is 19.5 Å². The van der Waals surface area contributed by atoms with Crippen molar-refractivity contribution in [2.24, 2.45) is 5.73 Å². The van der Waals surface area contributed by atoms with Crippen LogP contribution in [-0.2, 0) is 11.3 Å². The van der Waals surface area contributed by atoms with Crippen molar-refractivity contribution in [3.05, 3.63) is 50.1 Å². The summed E-state index contributed by atoms with van der Waals surface area (Å²) in [5.74, 6) is -0.945. The Morgan fingerprint density at radius 3 is 2.70 bits per heavy atom. The van der Waals surface area contributed by atoms with E-state index in [1.807, 2.05) is 4.98 Å². The normalized spacial score (nSPS) is 10.4. The first-order valence-corrected chi connectivity index (χ1v) is 5.87. The molecule has 0 spiro atoms. The number of carbonyl (C=O) groups is 1. The van der Waals surface area contributed by atoms with Crippen LogP contribution in [0.4, 0.5) is 0 Å². The number of aromatic amines is 1. The van der Waals surface area contributed by atoms with Crippen LogP contribution >= 0.6 is 11.6 Å². The summed E-state index contributed by atoms with van der Waals surface area (Å²) < 4.78 is 0.953. The first-order valence-electron chi connectivity index (χ1n) is 5.50. The zero-order chi connectivity index (χ0) is 14.9. The van der Waals surface area contributed by atoms with Gasteiger partial charge in [0.15, 0.2) is 0 Å². The lowest BCUT2D eigenvalue weighted by Crippen LogP contribution is -2.34. The molecule has 1 aromatic carbocycles. The van der Waals surface area contributed by atoms with E-state index < -0.39 is 23.7 Å². The van der Waals surface area contributed by atoms with Crippen molar-refractivity contribution in [2.75, 3.05) is 0 Å². The van der Waals surface area contributed by atoms with Gasteiger partial charge in [0.05, 0.1) is 5.69 Å². The Bertz CT molecular complexity index is 794. The molecule has 0 bridgehead atoms. The van der Waals surface area contributed by atoms with Crippen molar-refractivity contribution in [2.45, 2.75) is 6.54 Å². The molecule has 0 saturated heterocycles. The molecule has 8 heteroatoms. The third kappa shape index (κ3) is 2.72. The minimum absolute atomic E-state index is 0.0533. The Morgan fingerprint density at radius 1 is 1.35 bits per heavy atom. The van der Waals surface area contributed by atoms with Gasteiger partial charge in [0.1, 0.15) is 12.3 Å². The van der Waals surface area contributed by atoms with Crippen LogP contribution in [0.2, 0.25) is 5.02 Å². The summed E-state index contributed by atoms with van der Waals surface area (Å²) in [6, 6.07) is 5.22. The summed E-state index contributed by atoms with van der Waals surface area (Å²) in [6.45, 7) is -0.434. The lowest BCUT2D eigenvalue weighted by Gasteiger charge is -2.12. The van der Waals surface area contributed by atoms with Crippen molar-refractivity contribution in [3.63, 3.8) is 0 Å². The molecule has 1 amide bonds. The molecule has 0 saturated carbocycles. The van der Waals surface area contributed by atoms with Crippen LogP contribution in [0.1, 0.15) is 0 Å². The summed E-state index contributed by atoms with van der Waals surface area (Å²) >= 11 is 5.83. The molecule has 104 valence electrons. The summed E-state index contributed by atoms with van der Waals surface area (Å²) in [6.07, 6.45) is 0. The molecule has 4 N–H and O–H groups in total. The van der Waals surface area contributed by atoms with Gasteiger partial charge in [0, 0.05) is 16.7 Å². The first kappa shape index (κ1) is 13.9. The van der Waals surface area contributed by atoms with Gasteiger partial charge in [-0.15, -0.1) is 0 Å². The molecule has 2 aromatic rings. The number of rotatable bonds is 3. The number of benzene rings is 1. The van der Waals surface area contributed by atoms with E-state index in [4.69, 9.17) is 17.3 Å². The monoisotopic (exact) mass is 295 g/mol. The molecule has 2 rings (SSSR count). The molecule has 20 heavy (non-hydrogen) atoms. The predicted octanol–water partition coefficient (Wildman–Crippen LogP) is 0.0479. The van der Waals surface area contributed by atoms with Crippen LogP contribution in [-0.4, -0.2) is 20.6 Å². The number of hydrogen-bond acceptors (Lipinski definition) is 4. The topological polar surface area (TPSA) is 118 Å². The number of nitrogens with two attached hydrogens (primary N) is 1. The van der Waals surface area contributed by atoms with E-state index in [0.717, 1.165) is 10.6 Å². The smallest absolute Gasteiger partial charge is 0.329 e. The van der Waals surface area contributed by atoms with Gasteiger partial charge in [0.25, 0.3) is 5.56 Å². The van der Waals surface area contributed by atoms with Crippen molar-refractivity contribution in [1.82, 2.24) is 9.55 Å². The van der Waals surface area contributed by atoms with Crippen molar-refractivity contribution >= 4 is 17.5 Å². The van der Waals surface area contributed by atoms with Gasteiger partial charge in [-0.3, -0.25) is 19.1 Å². The molecule has 0 radical (unpaired) electrons. The minimum atomic E-state index is -0.800. The first-order chi connectivity index (χ1) is 9.38. The maximum absolute atomic E-state index is 11.8. The number of aromatic nitrogens is 2. The Balaban J connectivity index is 2.78. The Hall–Kier alpha value is -2.54. The number of carbonyl (C=O) groups excluding carboxylic acids is 1. The van der Waals surface area contributed by atoms with Crippen LogP contribution in [0.25, 0.3) is 11.3 Å². The van der Waals surface area contributed by atoms with Gasteiger partial charge in [0.2, 0.25) is 5.91 Å². The second kappa shape index (κ2) is 5.22. The van der Waals surface area contributed by atoms with Crippen LogP contribution < -0.4 is 17.0 Å². The van der Waals surface area contributed by atoms with Crippen molar-refractivity contribution in [1.29, 1.82) is 0 Å². The number of hydrogen-bond donors (Lipinski definition) is 3. The van der Waals surface area contributed by atoms with Gasteiger partial charge < -0.3 is 10.8 Å². The predicted molar refractivity (Wildman–Crippen MR) is 72.6 cm³/mol. The molecule has 7 nitrogen and oxygen atoms in total. The minimum Gasteiger partial charge on any atom is -0.507 e. The number of halogens is 1. The summed E-state index contributed by atoms with van der Waals surface area (Å²) in [5.41, 5.74) is 3.81. The average Bonchev–Trinajstić information content (AvgIpc) is 2.35. The molecule has 1 aromatic heterocycles. The number of amides is 1. The maximum Gasteiger partial charge on any atom is 0.329 e. The number of phenols is 1. The fourth-order valence-corrected chi connectivity index (χ4v) is 1.94. The Kier molecular flexibility index (Phi) is 3.62. The van der Waals surface area contributed by atoms with E-state index >= 15 is 0 Å². The van der Waals surface area contributed by atoms with Crippen molar-refractivity contribution < 1.29 is 9.90 Å². The van der Waals surface area contributed by atoms with Gasteiger partial charge in [-0.1, -0.05) is 11.6 Å². The van der Waals surface area contributed by atoms with Gasteiger partial charge in [-0.25, -0.2) is 4.79 Å². The second-order valence-electron chi connectivity index (χ2n) is 4.04. The van der Waals surface area contributed by atoms with E-state index in [1.165, 1.54) is 18.2 Å². The third-order valence-corrected chi connectivity index (χ3v) is 2.82. The highest BCUT2D eigenvalue weighted by atomic mass is 35.5. The van der Waals surface area contributed by atoms with E-state index in [1.54, 1.807) is 0 Å². The third-order valence-electron chi connectivity index (χ3n) is 2.58. The molecule has 0 aliphatic rings. The zero-order valence-electron chi connectivity index (χ0n) is 10.1. The number of nitrogens with zero attached hydrogens (tertiary/aromatic N) is 1. The lowest BCUT2D eigenvalue weighted by atomic mass is 10.1. The molecule has 1 heterocycles. The lowest BCUT2D eigenvalue weighted by molar-refractivity contribution is -0.118. The van der Waals surface area contributed by atoms with Crippen LogP contribution in [0.15, 0.2) is 33.9 Å². The maximum atomic E-state index is 11.8. The fourth-order valence-electron chi connectivity index (χ4n) is 1.77. The van der Waals surface area contributed by atoms with E-state index in [2.05, 4.69) is 0 Å². The molecule has 0 aliphatic carbocycles. The molecule has 0 unspecified atom stereocenters. The quantitative estimate of drug-likeness (QED) is 0.741. The highest BCUT2D eigenvalue weighted by Gasteiger charge is 2.14. The standard InChI is InChI=1S/C12H10ClN3O4/c13-6-1-2-9(17)7(3-6)8-4-11(19)15-12(20)16(8)5-10(14)18/h1-4,17H,5H2,(H2,14,18)(H,15,19,20). The Labute approximate surface area is 117 Å². The zero-order valence-corrected chi connectivity index (χ0v) is 10.8. The highest BCUT2D eigenvalue weighted by molar-refractivity contribution is 6.30. The summed E-state index contributed by atoms with van der Waals surface area (Å²) in [5, 5.41) is 10.1. The number of nitrogens with one attached hydrogen (secondary N) is 1. The van der Waals surface area contributed by atoms with Crippen LogP contribution in [0, 0.1) is 0 Å². The molecule has 0 fully saturated rings. The van der Waals surface area contributed by atoms with Gasteiger partial charge in [-0.2, -0.15) is 0 Å². The van der Waals surface area contributed by atoms with Crippen molar-refractivity contribution in [3.8, 4) is 17.0 Å². The van der Waals surface area contributed by atoms with Gasteiger partial charge in [-0.05, 0) is 18.2 Å². The largest absolute Gasteiger partial charge is 0.507 e. The van der Waals surface area contributed by atoms with Crippen LogP contribution in [0.3, 0.4) is 0 Å². The number of aromatic hydroxyl groups is 1. The molecule has 0 atom stereocenters. The summed E-state index contributed by atoms with van der Waals surface area (Å²) in [4.78, 5) is 36.2. The fraction of sp³-hybridized carbons (Fsp3) is 0.0833. The number of phenolic OH excluding ortho intramolecular Hbond substituents is 1. The van der Waals surface area contributed by atoms with Gasteiger partial charge >= 0.3 is 5.69 Å². The van der Waals surface area contributed by atoms with E-state index in [-0.39, 0.29) is 17.0 Å². The Morgan fingerprint density at radius 2 is 2.05 bits per heavy atom. The molecular weight excluding hydrogens is 286 g/mol. The summed E-state index contributed by atoms with van der Waals surface area (Å²) in [7, 11) is 0. The molecular formula is C12H10ClN3O4. The average molecular weight is 296 g/mol. The molecule has 0 aliphatic heterocycles. The SMILES string of the molecule is NC(=O)Cn1c(-c2cc(Cl)ccc2O)cc(=O)[nH]c1=O. The second-order valence-corrected chi connectivity index (χ2v) is 4.47. The van der Waals surface area contributed by atoms with E-state index in [0.29, 0.717) is 5.02 Å².